The summed E-state index contributed by atoms with van der Waals surface area (Å²) in [5, 5.41) is 18.7. The largest absolute Gasteiger partial charge is 0.306 e. The SMILES string of the molecule is O=C(/C=C/c1cccc([N+](=O)[O-])c1)Nc1ccn(Cc2c(Cl)cccc2Cl)n1. The van der Waals surface area contributed by atoms with Crippen molar-refractivity contribution in [1.82, 2.24) is 9.78 Å². The number of anilines is 1. The fourth-order valence-corrected chi connectivity index (χ4v) is 2.96. The van der Waals surface area contributed by atoms with Crippen LogP contribution in [-0.4, -0.2) is 20.6 Å². The summed E-state index contributed by atoms with van der Waals surface area (Å²) in [6, 6.07) is 12.9. The molecule has 142 valence electrons. The third-order valence-electron chi connectivity index (χ3n) is 3.78. The number of hydrogen-bond donors (Lipinski definition) is 1. The van der Waals surface area contributed by atoms with E-state index in [2.05, 4.69) is 10.4 Å². The van der Waals surface area contributed by atoms with E-state index < -0.39 is 10.8 Å². The highest BCUT2D eigenvalue weighted by atomic mass is 35.5. The van der Waals surface area contributed by atoms with Gasteiger partial charge in [0.1, 0.15) is 0 Å². The number of hydrogen-bond acceptors (Lipinski definition) is 4. The van der Waals surface area contributed by atoms with Gasteiger partial charge in [0.25, 0.3) is 5.69 Å². The molecule has 1 aromatic heterocycles. The maximum absolute atomic E-state index is 12.1. The number of amides is 1. The molecule has 3 rings (SSSR count). The van der Waals surface area contributed by atoms with E-state index in [0.29, 0.717) is 28.0 Å². The first-order valence-electron chi connectivity index (χ1n) is 8.12. The highest BCUT2D eigenvalue weighted by Crippen LogP contribution is 2.25. The Morgan fingerprint density at radius 3 is 2.61 bits per heavy atom. The van der Waals surface area contributed by atoms with Crippen LogP contribution in [0.3, 0.4) is 0 Å². The summed E-state index contributed by atoms with van der Waals surface area (Å²) in [6.07, 6.45) is 4.46. The van der Waals surface area contributed by atoms with Crippen molar-refractivity contribution >= 4 is 46.7 Å². The van der Waals surface area contributed by atoms with Gasteiger partial charge in [-0.2, -0.15) is 5.10 Å². The lowest BCUT2D eigenvalue weighted by Gasteiger charge is -2.06. The molecule has 3 aromatic rings. The third kappa shape index (κ3) is 4.97. The molecule has 0 aliphatic heterocycles. The van der Waals surface area contributed by atoms with Crippen molar-refractivity contribution in [1.29, 1.82) is 0 Å². The van der Waals surface area contributed by atoms with Crippen LogP contribution in [-0.2, 0) is 11.3 Å². The van der Waals surface area contributed by atoms with Gasteiger partial charge < -0.3 is 5.32 Å². The average molecular weight is 417 g/mol. The maximum Gasteiger partial charge on any atom is 0.270 e. The zero-order valence-corrected chi connectivity index (χ0v) is 15.9. The van der Waals surface area contributed by atoms with Gasteiger partial charge in [-0.1, -0.05) is 41.4 Å². The van der Waals surface area contributed by atoms with Gasteiger partial charge in [-0.05, 0) is 23.8 Å². The predicted molar refractivity (Wildman–Crippen MR) is 109 cm³/mol. The molecule has 9 heteroatoms. The van der Waals surface area contributed by atoms with Gasteiger partial charge in [0.05, 0.1) is 11.5 Å². The molecule has 0 fully saturated rings. The molecule has 0 saturated heterocycles. The Hall–Kier alpha value is -3.16. The van der Waals surface area contributed by atoms with Crippen LogP contribution >= 0.6 is 23.2 Å². The maximum atomic E-state index is 12.1. The van der Waals surface area contributed by atoms with Gasteiger partial charge in [0, 0.05) is 46.1 Å². The van der Waals surface area contributed by atoms with Gasteiger partial charge in [0.2, 0.25) is 5.91 Å². The molecule has 0 unspecified atom stereocenters. The van der Waals surface area contributed by atoms with E-state index in [-0.39, 0.29) is 5.69 Å². The first-order chi connectivity index (χ1) is 13.4. The van der Waals surface area contributed by atoms with Crippen molar-refractivity contribution in [2.24, 2.45) is 0 Å². The normalized spacial score (nSPS) is 10.9. The molecule has 7 nitrogen and oxygen atoms in total. The van der Waals surface area contributed by atoms with E-state index in [1.165, 1.54) is 24.3 Å². The van der Waals surface area contributed by atoms with Crippen molar-refractivity contribution in [3.05, 3.63) is 92.1 Å². The van der Waals surface area contributed by atoms with Crippen LogP contribution in [0, 0.1) is 10.1 Å². The number of halogens is 2. The van der Waals surface area contributed by atoms with Crippen LogP contribution in [0.5, 0.6) is 0 Å². The molecular weight excluding hydrogens is 403 g/mol. The summed E-state index contributed by atoms with van der Waals surface area (Å²) in [4.78, 5) is 22.3. The summed E-state index contributed by atoms with van der Waals surface area (Å²) in [5.41, 5.74) is 1.24. The average Bonchev–Trinajstić information content (AvgIpc) is 3.10. The number of rotatable bonds is 6. The smallest absolute Gasteiger partial charge is 0.270 e. The highest BCUT2D eigenvalue weighted by Gasteiger charge is 2.09. The summed E-state index contributed by atoms with van der Waals surface area (Å²) in [6.45, 7) is 0.359. The van der Waals surface area contributed by atoms with Crippen molar-refractivity contribution in [3.63, 3.8) is 0 Å². The molecule has 0 radical (unpaired) electrons. The van der Waals surface area contributed by atoms with Crippen molar-refractivity contribution in [2.75, 3.05) is 5.32 Å². The van der Waals surface area contributed by atoms with E-state index in [1.807, 2.05) is 0 Å². The van der Waals surface area contributed by atoms with Crippen LogP contribution < -0.4 is 5.32 Å². The van der Waals surface area contributed by atoms with Gasteiger partial charge in [-0.15, -0.1) is 0 Å². The number of nitro groups is 1. The second kappa shape index (κ2) is 8.69. The summed E-state index contributed by atoms with van der Waals surface area (Å²) >= 11 is 12.3. The zero-order chi connectivity index (χ0) is 20.1. The van der Waals surface area contributed by atoms with Gasteiger partial charge in [-0.3, -0.25) is 19.6 Å². The van der Waals surface area contributed by atoms with E-state index in [4.69, 9.17) is 23.2 Å². The molecule has 1 amide bonds. The standard InChI is InChI=1S/C19H14Cl2N4O3/c20-16-5-2-6-17(21)15(16)12-24-10-9-18(23-24)22-19(26)8-7-13-3-1-4-14(11-13)25(27)28/h1-11H,12H2,(H,22,23,26)/b8-7+. The quantitative estimate of drug-likeness (QED) is 0.355. The van der Waals surface area contributed by atoms with E-state index in [1.54, 1.807) is 47.3 Å². The molecule has 0 aliphatic rings. The van der Waals surface area contributed by atoms with Crippen molar-refractivity contribution in [2.45, 2.75) is 6.54 Å². The Kier molecular flexibility index (Phi) is 6.08. The first-order valence-corrected chi connectivity index (χ1v) is 8.88. The number of nitrogens with one attached hydrogen (secondary N) is 1. The van der Waals surface area contributed by atoms with Gasteiger partial charge in [-0.25, -0.2) is 0 Å². The first kappa shape index (κ1) is 19.6. The Bertz CT molecular complexity index is 1040. The predicted octanol–water partition coefficient (Wildman–Crippen LogP) is 4.80. The molecule has 0 atom stereocenters. The summed E-state index contributed by atoms with van der Waals surface area (Å²) < 4.78 is 1.60. The minimum Gasteiger partial charge on any atom is -0.306 e. The van der Waals surface area contributed by atoms with Crippen LogP contribution in [0.4, 0.5) is 11.5 Å². The molecule has 0 saturated carbocycles. The molecule has 0 spiro atoms. The molecular formula is C19H14Cl2N4O3. The number of carbonyl (C=O) groups is 1. The van der Waals surface area contributed by atoms with Crippen LogP contribution in [0.1, 0.15) is 11.1 Å². The lowest BCUT2D eigenvalue weighted by atomic mass is 10.2. The molecule has 2 aromatic carbocycles. The second-order valence-electron chi connectivity index (χ2n) is 5.77. The topological polar surface area (TPSA) is 90.1 Å². The Balaban J connectivity index is 1.64. The monoisotopic (exact) mass is 416 g/mol. The molecule has 0 bridgehead atoms. The lowest BCUT2D eigenvalue weighted by molar-refractivity contribution is -0.384. The molecule has 1 heterocycles. The highest BCUT2D eigenvalue weighted by molar-refractivity contribution is 6.35. The third-order valence-corrected chi connectivity index (χ3v) is 4.49. The zero-order valence-electron chi connectivity index (χ0n) is 14.4. The number of non-ortho nitro benzene ring substituents is 1. The van der Waals surface area contributed by atoms with Crippen molar-refractivity contribution in [3.8, 4) is 0 Å². The van der Waals surface area contributed by atoms with E-state index >= 15 is 0 Å². The van der Waals surface area contributed by atoms with Crippen LogP contribution in [0.25, 0.3) is 6.08 Å². The summed E-state index contributed by atoms with van der Waals surface area (Å²) in [7, 11) is 0. The van der Waals surface area contributed by atoms with Crippen LogP contribution in [0.2, 0.25) is 10.0 Å². The van der Waals surface area contributed by atoms with E-state index in [0.717, 1.165) is 5.56 Å². The van der Waals surface area contributed by atoms with Crippen LogP contribution in [0.15, 0.2) is 60.8 Å². The van der Waals surface area contributed by atoms with Crippen molar-refractivity contribution < 1.29 is 9.72 Å². The number of benzene rings is 2. The Labute approximate surface area is 170 Å². The molecule has 0 aliphatic carbocycles. The molecule has 1 N–H and O–H groups in total. The second-order valence-corrected chi connectivity index (χ2v) is 6.59. The van der Waals surface area contributed by atoms with Gasteiger partial charge in [0.15, 0.2) is 5.82 Å². The van der Waals surface area contributed by atoms with E-state index in [9.17, 15) is 14.9 Å². The summed E-state index contributed by atoms with van der Waals surface area (Å²) in [5.74, 6) is -0.0515. The Morgan fingerprint density at radius 1 is 1.18 bits per heavy atom. The minimum atomic E-state index is -0.491. The fraction of sp³-hybridized carbons (Fsp3) is 0.0526. The number of nitro benzene ring substituents is 1. The fourth-order valence-electron chi connectivity index (χ4n) is 2.44. The number of nitrogens with zero attached hydrogens (tertiary/aromatic N) is 3. The molecule has 28 heavy (non-hydrogen) atoms. The van der Waals surface area contributed by atoms with Gasteiger partial charge >= 0.3 is 0 Å². The lowest BCUT2D eigenvalue weighted by Crippen LogP contribution is -2.09. The Morgan fingerprint density at radius 2 is 1.89 bits per heavy atom. The number of carbonyl (C=O) groups excluding carboxylic acids is 1. The number of aromatic nitrogens is 2. The minimum absolute atomic E-state index is 0.0421.